The lowest BCUT2D eigenvalue weighted by Gasteiger charge is -2.35. The normalized spacial score (nSPS) is 20.7. The summed E-state index contributed by atoms with van der Waals surface area (Å²) in [5.74, 6) is -0.0686. The van der Waals surface area contributed by atoms with Gasteiger partial charge in [-0.3, -0.25) is 9.69 Å². The van der Waals surface area contributed by atoms with Crippen LogP contribution in [0.3, 0.4) is 0 Å². The number of benzene rings is 2. The highest BCUT2D eigenvalue weighted by atomic mass is 79.9. The first-order valence-electron chi connectivity index (χ1n) is 9.00. The van der Waals surface area contributed by atoms with E-state index in [4.69, 9.17) is 4.74 Å². The van der Waals surface area contributed by atoms with Crippen LogP contribution in [0.25, 0.3) is 0 Å². The van der Waals surface area contributed by atoms with Crippen molar-refractivity contribution in [3.8, 4) is 0 Å². The third kappa shape index (κ3) is 4.93. The van der Waals surface area contributed by atoms with Crippen molar-refractivity contribution in [2.75, 3.05) is 13.1 Å². The van der Waals surface area contributed by atoms with E-state index in [9.17, 15) is 4.79 Å². The molecule has 1 amide bonds. The second-order valence-corrected chi connectivity index (χ2v) is 7.74. The zero-order valence-corrected chi connectivity index (χ0v) is 16.8. The Morgan fingerprint density at radius 3 is 2.38 bits per heavy atom. The minimum Gasteiger partial charge on any atom is -0.373 e. The van der Waals surface area contributed by atoms with Gasteiger partial charge in [-0.2, -0.15) is 0 Å². The molecule has 2 aromatic carbocycles. The Morgan fingerprint density at radius 1 is 1.08 bits per heavy atom. The topological polar surface area (TPSA) is 41.6 Å². The zero-order chi connectivity index (χ0) is 18.5. The third-order valence-electron chi connectivity index (χ3n) is 4.57. The molecular weight excluding hydrogens is 392 g/mol. The molecule has 0 spiro atoms. The van der Waals surface area contributed by atoms with E-state index in [1.807, 2.05) is 30.3 Å². The molecule has 0 radical (unpaired) electrons. The summed E-state index contributed by atoms with van der Waals surface area (Å²) in [4.78, 5) is 14.9. The summed E-state index contributed by atoms with van der Waals surface area (Å²) < 4.78 is 6.63. The standard InChI is InChI=1S/C21H25BrN2O2/c1-15-12-24(13-16(2)26-15)14-18-8-4-3-7-17(18)11-23-21(25)19-9-5-6-10-20(19)22/h3-10,15-16H,11-14H2,1-2H3,(H,23,25)/t15-,16-/m0/s1. The quantitative estimate of drug-likeness (QED) is 0.800. The Morgan fingerprint density at radius 2 is 1.69 bits per heavy atom. The van der Waals surface area contributed by atoms with Crippen molar-refractivity contribution in [1.82, 2.24) is 10.2 Å². The molecule has 3 rings (SSSR count). The summed E-state index contributed by atoms with van der Waals surface area (Å²) in [5.41, 5.74) is 3.06. The van der Waals surface area contributed by atoms with Crippen LogP contribution in [0.4, 0.5) is 0 Å². The van der Waals surface area contributed by atoms with E-state index in [0.717, 1.165) is 29.7 Å². The molecule has 0 aromatic heterocycles. The van der Waals surface area contributed by atoms with Gasteiger partial charge in [-0.25, -0.2) is 0 Å². The number of morpholine rings is 1. The van der Waals surface area contributed by atoms with Gasteiger partial charge in [0.2, 0.25) is 0 Å². The molecule has 0 aliphatic carbocycles. The molecule has 4 nitrogen and oxygen atoms in total. The smallest absolute Gasteiger partial charge is 0.252 e. The first-order valence-corrected chi connectivity index (χ1v) is 9.79. The van der Waals surface area contributed by atoms with Gasteiger partial charge in [0.15, 0.2) is 0 Å². The van der Waals surface area contributed by atoms with Gasteiger partial charge >= 0.3 is 0 Å². The van der Waals surface area contributed by atoms with Crippen molar-refractivity contribution >= 4 is 21.8 Å². The molecule has 26 heavy (non-hydrogen) atoms. The number of nitrogens with one attached hydrogen (secondary N) is 1. The zero-order valence-electron chi connectivity index (χ0n) is 15.2. The van der Waals surface area contributed by atoms with Crippen molar-refractivity contribution in [3.63, 3.8) is 0 Å². The summed E-state index contributed by atoms with van der Waals surface area (Å²) in [6.07, 6.45) is 0.502. The Balaban J connectivity index is 1.66. The van der Waals surface area contributed by atoms with E-state index in [1.54, 1.807) is 0 Å². The minimum absolute atomic E-state index is 0.0686. The number of ether oxygens (including phenoxy) is 1. The summed E-state index contributed by atoms with van der Waals surface area (Å²) in [7, 11) is 0. The van der Waals surface area contributed by atoms with Gasteiger partial charge in [-0.05, 0) is 53.0 Å². The maximum atomic E-state index is 12.5. The predicted molar refractivity (Wildman–Crippen MR) is 107 cm³/mol. The highest BCUT2D eigenvalue weighted by Gasteiger charge is 2.22. The van der Waals surface area contributed by atoms with E-state index >= 15 is 0 Å². The predicted octanol–water partition coefficient (Wildman–Crippen LogP) is 3.99. The molecule has 2 aromatic rings. The number of rotatable bonds is 5. The van der Waals surface area contributed by atoms with Gasteiger partial charge in [-0.15, -0.1) is 0 Å². The fraction of sp³-hybridized carbons (Fsp3) is 0.381. The monoisotopic (exact) mass is 416 g/mol. The summed E-state index contributed by atoms with van der Waals surface area (Å²) in [6, 6.07) is 15.8. The van der Waals surface area contributed by atoms with Crippen LogP contribution < -0.4 is 5.32 Å². The number of amides is 1. The molecule has 1 fully saturated rings. The number of halogens is 1. The van der Waals surface area contributed by atoms with Gasteiger partial charge in [0, 0.05) is 30.7 Å². The Kier molecular flexibility index (Phi) is 6.46. The molecule has 0 bridgehead atoms. The average molecular weight is 417 g/mol. The molecule has 1 aliphatic heterocycles. The fourth-order valence-electron chi connectivity index (χ4n) is 3.45. The second kappa shape index (κ2) is 8.80. The van der Waals surface area contributed by atoms with Gasteiger partial charge in [0.25, 0.3) is 5.91 Å². The average Bonchev–Trinajstić information content (AvgIpc) is 2.60. The second-order valence-electron chi connectivity index (χ2n) is 6.88. The van der Waals surface area contributed by atoms with Crippen LogP contribution in [0.5, 0.6) is 0 Å². The Labute approximate surface area is 163 Å². The van der Waals surface area contributed by atoms with Crippen LogP contribution in [0.15, 0.2) is 53.0 Å². The summed E-state index contributed by atoms with van der Waals surface area (Å²) in [5, 5.41) is 3.04. The Bertz CT molecular complexity index is 755. The summed E-state index contributed by atoms with van der Waals surface area (Å²) >= 11 is 3.44. The van der Waals surface area contributed by atoms with E-state index in [2.05, 4.69) is 58.2 Å². The van der Waals surface area contributed by atoms with Crippen LogP contribution >= 0.6 is 15.9 Å². The SMILES string of the molecule is C[C@H]1CN(Cc2ccccc2CNC(=O)c2ccccc2Br)C[C@H](C)O1. The van der Waals surface area contributed by atoms with E-state index in [1.165, 1.54) is 5.56 Å². The highest BCUT2D eigenvalue weighted by Crippen LogP contribution is 2.18. The van der Waals surface area contributed by atoms with Crippen LogP contribution in [0.1, 0.15) is 35.3 Å². The molecule has 1 N–H and O–H groups in total. The van der Waals surface area contributed by atoms with Crippen molar-refractivity contribution in [2.45, 2.75) is 39.1 Å². The third-order valence-corrected chi connectivity index (χ3v) is 5.26. The van der Waals surface area contributed by atoms with Gasteiger partial charge in [-0.1, -0.05) is 36.4 Å². The van der Waals surface area contributed by atoms with Crippen molar-refractivity contribution < 1.29 is 9.53 Å². The molecule has 2 atom stereocenters. The van der Waals surface area contributed by atoms with Crippen LogP contribution in [-0.4, -0.2) is 36.1 Å². The van der Waals surface area contributed by atoms with E-state index in [-0.39, 0.29) is 18.1 Å². The van der Waals surface area contributed by atoms with E-state index < -0.39 is 0 Å². The number of hydrogen-bond acceptors (Lipinski definition) is 3. The molecule has 1 saturated heterocycles. The molecular formula is C21H25BrN2O2. The molecule has 1 heterocycles. The van der Waals surface area contributed by atoms with E-state index in [0.29, 0.717) is 12.1 Å². The van der Waals surface area contributed by atoms with Crippen molar-refractivity contribution in [2.24, 2.45) is 0 Å². The number of nitrogens with zero attached hydrogens (tertiary/aromatic N) is 1. The first-order chi connectivity index (χ1) is 12.5. The molecule has 0 unspecified atom stereocenters. The molecule has 138 valence electrons. The first kappa shape index (κ1) is 19.1. The Hall–Kier alpha value is -1.69. The number of hydrogen-bond donors (Lipinski definition) is 1. The highest BCUT2D eigenvalue weighted by molar-refractivity contribution is 9.10. The lowest BCUT2D eigenvalue weighted by molar-refractivity contribution is -0.0705. The number of carbonyl (C=O) groups excluding carboxylic acids is 1. The lowest BCUT2D eigenvalue weighted by atomic mass is 10.1. The van der Waals surface area contributed by atoms with Gasteiger partial charge in [0.1, 0.15) is 0 Å². The van der Waals surface area contributed by atoms with Crippen molar-refractivity contribution in [1.29, 1.82) is 0 Å². The fourth-order valence-corrected chi connectivity index (χ4v) is 3.92. The summed E-state index contributed by atoms with van der Waals surface area (Å²) in [6.45, 7) is 7.49. The van der Waals surface area contributed by atoms with Gasteiger partial charge in [0.05, 0.1) is 17.8 Å². The van der Waals surface area contributed by atoms with Crippen LogP contribution in [-0.2, 0) is 17.8 Å². The molecule has 1 aliphatic rings. The van der Waals surface area contributed by atoms with Crippen LogP contribution in [0.2, 0.25) is 0 Å². The molecule has 5 heteroatoms. The molecule has 0 saturated carbocycles. The van der Waals surface area contributed by atoms with Crippen LogP contribution in [0, 0.1) is 0 Å². The van der Waals surface area contributed by atoms with Gasteiger partial charge < -0.3 is 10.1 Å². The maximum Gasteiger partial charge on any atom is 0.252 e. The minimum atomic E-state index is -0.0686. The lowest BCUT2D eigenvalue weighted by Crippen LogP contribution is -2.45. The largest absolute Gasteiger partial charge is 0.373 e. The number of carbonyl (C=O) groups is 1. The maximum absolute atomic E-state index is 12.5. The van der Waals surface area contributed by atoms with Crippen molar-refractivity contribution in [3.05, 3.63) is 69.7 Å².